The van der Waals surface area contributed by atoms with Gasteiger partial charge in [-0.2, -0.15) is 0 Å². The average molecular weight is 350 g/mol. The molecule has 0 saturated heterocycles. The van der Waals surface area contributed by atoms with E-state index in [1.54, 1.807) is 12.4 Å². The van der Waals surface area contributed by atoms with Gasteiger partial charge in [-0.15, -0.1) is 0 Å². The second-order valence-electron chi connectivity index (χ2n) is 6.24. The first-order chi connectivity index (χ1) is 12.7. The Bertz CT molecular complexity index is 880. The largest absolute Gasteiger partial charge is 0.434 e. The molecule has 0 fully saturated rings. The standard InChI is InChI=1S/C20H18N2O4/c1-2-11-20-16-6-4-3-5-15(16)19(22(20)14-9-12-21-13-10-14)25-17(23)7-8-18(24)26-20/h3-10,12-13,19H,2,11H2,1H3/b8-7-. The number of hydrogen-bond acceptors (Lipinski definition) is 6. The molecule has 2 atom stereocenters. The molecule has 132 valence electrons. The fourth-order valence-corrected chi connectivity index (χ4v) is 3.73. The summed E-state index contributed by atoms with van der Waals surface area (Å²) in [6.07, 6.45) is 6.18. The maximum Gasteiger partial charge on any atom is 0.333 e. The van der Waals surface area contributed by atoms with Gasteiger partial charge in [-0.25, -0.2) is 9.59 Å². The van der Waals surface area contributed by atoms with Gasteiger partial charge >= 0.3 is 11.9 Å². The van der Waals surface area contributed by atoms with E-state index in [0.717, 1.165) is 35.4 Å². The molecular formula is C20H18N2O4. The van der Waals surface area contributed by atoms with Crippen LogP contribution in [0, 0.1) is 0 Å². The van der Waals surface area contributed by atoms with Crippen LogP contribution in [0.1, 0.15) is 37.1 Å². The van der Waals surface area contributed by atoms with E-state index in [-0.39, 0.29) is 0 Å². The maximum absolute atomic E-state index is 12.4. The summed E-state index contributed by atoms with van der Waals surface area (Å²) >= 11 is 0. The third-order valence-corrected chi connectivity index (χ3v) is 4.65. The van der Waals surface area contributed by atoms with Crippen molar-refractivity contribution in [3.8, 4) is 0 Å². The Morgan fingerprint density at radius 3 is 2.58 bits per heavy atom. The van der Waals surface area contributed by atoms with E-state index in [4.69, 9.17) is 9.47 Å². The summed E-state index contributed by atoms with van der Waals surface area (Å²) in [5, 5.41) is 0. The van der Waals surface area contributed by atoms with Crippen LogP contribution in [0.5, 0.6) is 0 Å². The van der Waals surface area contributed by atoms with Crippen LogP contribution in [0.2, 0.25) is 0 Å². The van der Waals surface area contributed by atoms with Crippen molar-refractivity contribution in [1.82, 2.24) is 4.98 Å². The van der Waals surface area contributed by atoms with E-state index in [1.807, 2.05) is 48.2 Å². The summed E-state index contributed by atoms with van der Waals surface area (Å²) in [4.78, 5) is 30.6. The van der Waals surface area contributed by atoms with Gasteiger partial charge in [-0.1, -0.05) is 37.6 Å². The van der Waals surface area contributed by atoms with Crippen LogP contribution in [-0.2, 0) is 24.8 Å². The van der Waals surface area contributed by atoms with Crippen LogP contribution in [0.15, 0.2) is 60.9 Å². The van der Waals surface area contributed by atoms with E-state index in [2.05, 4.69) is 4.98 Å². The molecule has 2 bridgehead atoms. The number of fused-ring (bicyclic) bond motifs is 5. The first kappa shape index (κ1) is 16.3. The van der Waals surface area contributed by atoms with Gasteiger partial charge < -0.3 is 9.47 Å². The zero-order valence-corrected chi connectivity index (χ0v) is 14.3. The molecule has 0 spiro atoms. The molecule has 2 unspecified atom stereocenters. The summed E-state index contributed by atoms with van der Waals surface area (Å²) in [6.45, 7) is 2.03. The number of ether oxygens (including phenoxy) is 2. The number of rotatable bonds is 3. The van der Waals surface area contributed by atoms with Gasteiger partial charge in [0.2, 0.25) is 12.0 Å². The highest BCUT2D eigenvalue weighted by Gasteiger charge is 2.54. The van der Waals surface area contributed by atoms with E-state index in [1.165, 1.54) is 0 Å². The van der Waals surface area contributed by atoms with E-state index < -0.39 is 23.9 Å². The average Bonchev–Trinajstić information content (AvgIpc) is 2.93. The Balaban J connectivity index is 1.99. The molecule has 2 aromatic rings. The number of nitrogens with zero attached hydrogens (tertiary/aromatic N) is 2. The Labute approximate surface area is 151 Å². The minimum Gasteiger partial charge on any atom is -0.434 e. The predicted molar refractivity (Wildman–Crippen MR) is 93.8 cm³/mol. The highest BCUT2D eigenvalue weighted by atomic mass is 16.6. The molecule has 2 aliphatic rings. The van der Waals surface area contributed by atoms with Gasteiger partial charge in [0.15, 0.2) is 0 Å². The van der Waals surface area contributed by atoms with Crippen molar-refractivity contribution in [3.05, 3.63) is 72.1 Å². The van der Waals surface area contributed by atoms with Crippen LogP contribution in [0.3, 0.4) is 0 Å². The van der Waals surface area contributed by atoms with Gasteiger partial charge in [0.05, 0.1) is 0 Å². The van der Waals surface area contributed by atoms with Crippen molar-refractivity contribution < 1.29 is 19.1 Å². The second-order valence-corrected chi connectivity index (χ2v) is 6.24. The van der Waals surface area contributed by atoms with Crippen molar-refractivity contribution in [2.45, 2.75) is 31.7 Å². The lowest BCUT2D eigenvalue weighted by molar-refractivity contribution is -0.158. The van der Waals surface area contributed by atoms with Crippen LogP contribution >= 0.6 is 0 Å². The highest BCUT2D eigenvalue weighted by Crippen LogP contribution is 2.52. The lowest BCUT2D eigenvalue weighted by atomic mass is 9.96. The number of benzene rings is 1. The summed E-state index contributed by atoms with van der Waals surface area (Å²) in [6, 6.07) is 11.2. The number of esters is 2. The molecule has 1 aromatic heterocycles. The minimum atomic E-state index is -1.05. The maximum atomic E-state index is 12.4. The fraction of sp³-hybridized carbons (Fsp3) is 0.250. The molecule has 2 aliphatic heterocycles. The number of carbonyl (C=O) groups excluding carboxylic acids is 2. The van der Waals surface area contributed by atoms with Crippen LogP contribution in [0.25, 0.3) is 0 Å². The van der Waals surface area contributed by atoms with Gasteiger partial charge in [0, 0.05) is 47.8 Å². The van der Waals surface area contributed by atoms with Crippen molar-refractivity contribution in [1.29, 1.82) is 0 Å². The molecule has 0 saturated carbocycles. The molecule has 4 rings (SSSR count). The van der Waals surface area contributed by atoms with Crippen molar-refractivity contribution in [2.75, 3.05) is 4.90 Å². The topological polar surface area (TPSA) is 68.7 Å². The first-order valence-electron chi connectivity index (χ1n) is 8.56. The number of aromatic nitrogens is 1. The summed E-state index contributed by atoms with van der Waals surface area (Å²) in [5.41, 5.74) is 1.36. The van der Waals surface area contributed by atoms with Crippen LogP contribution in [0.4, 0.5) is 5.69 Å². The van der Waals surface area contributed by atoms with Crippen molar-refractivity contribution in [2.24, 2.45) is 0 Å². The molecule has 0 aliphatic carbocycles. The predicted octanol–water partition coefficient (Wildman–Crippen LogP) is 3.21. The molecule has 0 N–H and O–H groups in total. The molecule has 1 aromatic carbocycles. The van der Waals surface area contributed by atoms with Crippen molar-refractivity contribution in [3.63, 3.8) is 0 Å². The van der Waals surface area contributed by atoms with Gasteiger partial charge in [0.1, 0.15) is 0 Å². The van der Waals surface area contributed by atoms with Gasteiger partial charge in [-0.05, 0) is 12.1 Å². The Hall–Kier alpha value is -3.15. The number of carbonyl (C=O) groups is 2. The minimum absolute atomic E-state index is 0.556. The molecule has 6 nitrogen and oxygen atoms in total. The molecule has 6 heteroatoms. The normalized spacial score (nSPS) is 25.4. The first-order valence-corrected chi connectivity index (χ1v) is 8.56. The molecule has 26 heavy (non-hydrogen) atoms. The van der Waals surface area contributed by atoms with E-state index in [9.17, 15) is 9.59 Å². The Morgan fingerprint density at radius 2 is 1.81 bits per heavy atom. The zero-order valence-electron chi connectivity index (χ0n) is 14.3. The highest BCUT2D eigenvalue weighted by molar-refractivity contribution is 5.93. The smallest absolute Gasteiger partial charge is 0.333 e. The van der Waals surface area contributed by atoms with Crippen molar-refractivity contribution >= 4 is 17.6 Å². The third-order valence-electron chi connectivity index (χ3n) is 4.65. The zero-order chi connectivity index (χ0) is 18.1. The summed E-state index contributed by atoms with van der Waals surface area (Å²) < 4.78 is 11.7. The summed E-state index contributed by atoms with van der Waals surface area (Å²) in [5.74, 6) is -1.16. The molecular weight excluding hydrogens is 332 g/mol. The van der Waals surface area contributed by atoms with Gasteiger partial charge in [-0.3, -0.25) is 9.88 Å². The number of hydrogen-bond donors (Lipinski definition) is 0. The number of pyridine rings is 1. The van der Waals surface area contributed by atoms with Gasteiger partial charge in [0.25, 0.3) is 0 Å². The monoisotopic (exact) mass is 350 g/mol. The van der Waals surface area contributed by atoms with Crippen LogP contribution < -0.4 is 4.90 Å². The lowest BCUT2D eigenvalue weighted by Gasteiger charge is -2.41. The third kappa shape index (κ3) is 2.45. The molecule has 0 radical (unpaired) electrons. The molecule has 3 heterocycles. The SMILES string of the molecule is CCCC12OC(=O)/C=C\C(=O)OC(c3ccccc31)N2c1ccncc1. The van der Waals surface area contributed by atoms with E-state index >= 15 is 0 Å². The Kier molecular flexibility index (Phi) is 3.95. The molecule has 0 amide bonds. The lowest BCUT2D eigenvalue weighted by Crippen LogP contribution is -2.46. The van der Waals surface area contributed by atoms with E-state index in [0.29, 0.717) is 6.42 Å². The second kappa shape index (κ2) is 6.29. The quantitative estimate of drug-likeness (QED) is 0.792. The Morgan fingerprint density at radius 1 is 1.08 bits per heavy atom. The number of anilines is 1. The van der Waals surface area contributed by atoms with Crippen LogP contribution in [-0.4, -0.2) is 16.9 Å². The summed E-state index contributed by atoms with van der Waals surface area (Å²) in [7, 11) is 0. The fourth-order valence-electron chi connectivity index (χ4n) is 3.73.